The second-order valence-electron chi connectivity index (χ2n) is 5.57. The average molecular weight is 310 g/mol. The van der Waals surface area contributed by atoms with Gasteiger partial charge >= 0.3 is 0 Å². The van der Waals surface area contributed by atoms with Gasteiger partial charge < -0.3 is 9.88 Å². The number of halogens is 1. The monoisotopic (exact) mass is 310 g/mol. The van der Waals surface area contributed by atoms with Crippen molar-refractivity contribution in [2.75, 3.05) is 11.4 Å². The topological polar surface area (TPSA) is 36.1 Å². The molecule has 0 spiro atoms. The van der Waals surface area contributed by atoms with Gasteiger partial charge in [0.25, 0.3) is 0 Å². The summed E-state index contributed by atoms with van der Waals surface area (Å²) in [4.78, 5) is 17.7. The second-order valence-corrected chi connectivity index (χ2v) is 5.57. The first-order valence-corrected chi connectivity index (χ1v) is 7.72. The third kappa shape index (κ3) is 2.97. The number of carbonyl (C=O) groups excluding carboxylic acids is 1. The van der Waals surface area contributed by atoms with Gasteiger partial charge in [0.15, 0.2) is 0 Å². The second kappa shape index (κ2) is 6.24. The van der Waals surface area contributed by atoms with Crippen molar-refractivity contribution < 1.29 is 9.18 Å². The summed E-state index contributed by atoms with van der Waals surface area (Å²) in [6.07, 6.45) is 0.248. The zero-order valence-electron chi connectivity index (χ0n) is 13.3. The van der Waals surface area contributed by atoms with Gasteiger partial charge in [-0.3, -0.25) is 4.79 Å². The van der Waals surface area contributed by atoms with Crippen LogP contribution >= 0.6 is 0 Å². The van der Waals surface area contributed by atoms with Crippen LogP contribution in [0.4, 0.5) is 10.1 Å². The summed E-state index contributed by atoms with van der Waals surface area (Å²) in [7, 11) is 0. The summed E-state index contributed by atoms with van der Waals surface area (Å²) >= 11 is 0. The highest BCUT2D eigenvalue weighted by atomic mass is 19.1. The molecule has 0 bridgehead atoms. The molecule has 0 atom stereocenters. The number of H-pyrrole nitrogens is 1. The fourth-order valence-electron chi connectivity index (χ4n) is 2.94. The molecule has 0 aliphatic carbocycles. The van der Waals surface area contributed by atoms with Crippen LogP contribution in [0.3, 0.4) is 0 Å². The van der Waals surface area contributed by atoms with E-state index in [1.54, 1.807) is 11.0 Å². The van der Waals surface area contributed by atoms with Crippen LogP contribution in [0.1, 0.15) is 18.2 Å². The molecule has 0 saturated carbocycles. The van der Waals surface area contributed by atoms with Gasteiger partial charge in [-0.25, -0.2) is 4.39 Å². The molecule has 0 unspecified atom stereocenters. The Bertz CT molecular complexity index is 839. The largest absolute Gasteiger partial charge is 0.358 e. The predicted molar refractivity (Wildman–Crippen MR) is 91.2 cm³/mol. The number of anilines is 1. The molecular weight excluding hydrogens is 291 g/mol. The number of amides is 1. The molecule has 1 heterocycles. The minimum atomic E-state index is -0.291. The van der Waals surface area contributed by atoms with E-state index in [1.165, 1.54) is 12.1 Å². The quantitative estimate of drug-likeness (QED) is 0.770. The van der Waals surface area contributed by atoms with Crippen molar-refractivity contribution in [3.63, 3.8) is 0 Å². The first-order chi connectivity index (χ1) is 11.1. The molecule has 23 heavy (non-hydrogen) atoms. The molecule has 3 nitrogen and oxygen atoms in total. The summed E-state index contributed by atoms with van der Waals surface area (Å²) in [5.74, 6) is -0.285. The van der Waals surface area contributed by atoms with Crippen molar-refractivity contribution in [3.8, 4) is 0 Å². The van der Waals surface area contributed by atoms with Crippen molar-refractivity contribution in [3.05, 3.63) is 65.6 Å². The molecule has 0 fully saturated rings. The van der Waals surface area contributed by atoms with Crippen molar-refractivity contribution in [2.45, 2.75) is 20.3 Å². The molecule has 0 aliphatic rings. The molecule has 2 aromatic carbocycles. The normalized spacial score (nSPS) is 10.9. The van der Waals surface area contributed by atoms with E-state index in [9.17, 15) is 9.18 Å². The van der Waals surface area contributed by atoms with Gasteiger partial charge in [0.2, 0.25) is 5.91 Å². The fraction of sp³-hybridized carbons (Fsp3) is 0.211. The fourth-order valence-corrected chi connectivity index (χ4v) is 2.94. The Morgan fingerprint density at radius 3 is 2.61 bits per heavy atom. The van der Waals surface area contributed by atoms with Gasteiger partial charge in [0.05, 0.1) is 6.42 Å². The molecule has 0 radical (unpaired) electrons. The van der Waals surface area contributed by atoms with Gasteiger partial charge in [-0.05, 0) is 49.7 Å². The van der Waals surface area contributed by atoms with Gasteiger partial charge in [0.1, 0.15) is 5.82 Å². The van der Waals surface area contributed by atoms with Crippen LogP contribution in [0.25, 0.3) is 10.9 Å². The maximum absolute atomic E-state index is 13.5. The summed E-state index contributed by atoms with van der Waals surface area (Å²) < 4.78 is 13.5. The van der Waals surface area contributed by atoms with Crippen LogP contribution in [-0.2, 0) is 11.2 Å². The number of rotatable bonds is 4. The lowest BCUT2D eigenvalue weighted by atomic mass is 10.1. The highest BCUT2D eigenvalue weighted by molar-refractivity contribution is 5.98. The Morgan fingerprint density at radius 2 is 1.91 bits per heavy atom. The standard InChI is InChI=1S/C19H19FN2O/c1-3-22(15-7-5-4-6-8-15)19(23)12-16-13(2)21-18-10-9-14(20)11-17(16)18/h4-11,21H,3,12H2,1-2H3. The van der Waals surface area contributed by atoms with E-state index in [4.69, 9.17) is 0 Å². The molecule has 1 N–H and O–H groups in total. The highest BCUT2D eigenvalue weighted by Crippen LogP contribution is 2.25. The molecule has 3 aromatic rings. The number of nitrogens with one attached hydrogen (secondary N) is 1. The Morgan fingerprint density at radius 1 is 1.17 bits per heavy atom. The van der Waals surface area contributed by atoms with E-state index in [0.717, 1.165) is 27.8 Å². The lowest BCUT2D eigenvalue weighted by Gasteiger charge is -2.21. The number of para-hydroxylation sites is 1. The number of aryl methyl sites for hydroxylation is 1. The third-order valence-corrected chi connectivity index (χ3v) is 4.09. The SMILES string of the molecule is CCN(C(=O)Cc1c(C)[nH]c2ccc(F)cc12)c1ccccc1. The maximum atomic E-state index is 13.5. The van der Waals surface area contributed by atoms with Crippen LogP contribution < -0.4 is 4.90 Å². The van der Waals surface area contributed by atoms with Gasteiger partial charge in [-0.2, -0.15) is 0 Å². The van der Waals surface area contributed by atoms with Gasteiger partial charge in [-0.1, -0.05) is 18.2 Å². The molecule has 1 aromatic heterocycles. The predicted octanol–water partition coefficient (Wildman–Crippen LogP) is 4.21. The number of fused-ring (bicyclic) bond motifs is 1. The Balaban J connectivity index is 1.93. The minimum Gasteiger partial charge on any atom is -0.358 e. The zero-order valence-corrected chi connectivity index (χ0v) is 13.3. The van der Waals surface area contributed by atoms with Crippen LogP contribution in [-0.4, -0.2) is 17.4 Å². The maximum Gasteiger partial charge on any atom is 0.231 e. The summed E-state index contributed by atoms with van der Waals surface area (Å²) in [5.41, 5.74) is 3.50. The van der Waals surface area contributed by atoms with E-state index in [1.807, 2.05) is 44.2 Å². The molecule has 0 saturated heterocycles. The van der Waals surface area contributed by atoms with E-state index >= 15 is 0 Å². The molecule has 3 rings (SSSR count). The Kier molecular flexibility index (Phi) is 4.15. The number of aromatic amines is 1. The first-order valence-electron chi connectivity index (χ1n) is 7.72. The molecule has 0 aliphatic heterocycles. The van der Waals surface area contributed by atoms with E-state index in [0.29, 0.717) is 6.54 Å². The van der Waals surface area contributed by atoms with E-state index in [-0.39, 0.29) is 18.1 Å². The zero-order chi connectivity index (χ0) is 16.4. The minimum absolute atomic E-state index is 0.00645. The Labute approximate surface area is 134 Å². The highest BCUT2D eigenvalue weighted by Gasteiger charge is 2.18. The number of nitrogens with zero attached hydrogens (tertiary/aromatic N) is 1. The number of likely N-dealkylation sites (N-methyl/N-ethyl adjacent to an activating group) is 1. The lowest BCUT2D eigenvalue weighted by Crippen LogP contribution is -2.32. The van der Waals surface area contributed by atoms with Crippen LogP contribution in [0.15, 0.2) is 48.5 Å². The Hall–Kier alpha value is -2.62. The van der Waals surface area contributed by atoms with Crippen molar-refractivity contribution >= 4 is 22.5 Å². The number of aromatic nitrogens is 1. The van der Waals surface area contributed by atoms with E-state index in [2.05, 4.69) is 4.98 Å². The van der Waals surface area contributed by atoms with Crippen molar-refractivity contribution in [1.29, 1.82) is 0 Å². The van der Waals surface area contributed by atoms with Crippen molar-refractivity contribution in [1.82, 2.24) is 4.98 Å². The number of hydrogen-bond donors (Lipinski definition) is 1. The summed E-state index contributed by atoms with van der Waals surface area (Å²) in [6, 6.07) is 14.2. The summed E-state index contributed by atoms with van der Waals surface area (Å²) in [5, 5.41) is 0.778. The van der Waals surface area contributed by atoms with Crippen LogP contribution in [0, 0.1) is 12.7 Å². The third-order valence-electron chi connectivity index (χ3n) is 4.09. The lowest BCUT2D eigenvalue weighted by molar-refractivity contribution is -0.117. The van der Waals surface area contributed by atoms with Crippen LogP contribution in [0.2, 0.25) is 0 Å². The first kappa shape index (κ1) is 15.3. The summed E-state index contributed by atoms with van der Waals surface area (Å²) in [6.45, 7) is 4.46. The van der Waals surface area contributed by atoms with Crippen molar-refractivity contribution in [2.24, 2.45) is 0 Å². The van der Waals surface area contributed by atoms with Gasteiger partial charge in [-0.15, -0.1) is 0 Å². The molecular formula is C19H19FN2O. The molecule has 1 amide bonds. The average Bonchev–Trinajstić information content (AvgIpc) is 2.85. The van der Waals surface area contributed by atoms with Crippen LogP contribution in [0.5, 0.6) is 0 Å². The number of hydrogen-bond acceptors (Lipinski definition) is 1. The molecule has 4 heteroatoms. The number of carbonyl (C=O) groups is 1. The van der Waals surface area contributed by atoms with E-state index < -0.39 is 0 Å². The smallest absolute Gasteiger partial charge is 0.231 e. The van der Waals surface area contributed by atoms with Gasteiger partial charge in [0, 0.05) is 28.8 Å². The molecule has 118 valence electrons. The number of benzene rings is 2.